The Bertz CT molecular complexity index is 141. The second-order valence-corrected chi connectivity index (χ2v) is 3.49. The number of rotatable bonds is 4. The van der Waals surface area contributed by atoms with Crippen LogP contribution in [0.3, 0.4) is 0 Å². The van der Waals surface area contributed by atoms with Gasteiger partial charge in [-0.25, -0.2) is 4.79 Å². The number of nitrogens with one attached hydrogen (secondary N) is 1. The van der Waals surface area contributed by atoms with E-state index in [1.54, 1.807) is 0 Å². The molecule has 4 heteroatoms. The summed E-state index contributed by atoms with van der Waals surface area (Å²) in [7, 11) is 1.35. The van der Waals surface area contributed by atoms with E-state index in [1.807, 2.05) is 0 Å². The molecule has 0 heterocycles. The van der Waals surface area contributed by atoms with Gasteiger partial charge in [0.15, 0.2) is 0 Å². The largest absolute Gasteiger partial charge is 0.453 e. The lowest BCUT2D eigenvalue weighted by Gasteiger charge is -2.17. The quantitative estimate of drug-likeness (QED) is 0.664. The molecule has 0 bridgehead atoms. The van der Waals surface area contributed by atoms with Gasteiger partial charge < -0.3 is 10.1 Å². The van der Waals surface area contributed by atoms with E-state index in [1.165, 1.54) is 7.11 Å². The van der Waals surface area contributed by atoms with Gasteiger partial charge in [-0.15, -0.1) is 0 Å². The van der Waals surface area contributed by atoms with E-state index >= 15 is 0 Å². The molecule has 0 aliphatic rings. The van der Waals surface area contributed by atoms with Crippen molar-refractivity contribution in [2.45, 2.75) is 25.5 Å². The Kier molecular flexibility index (Phi) is 5.98. The van der Waals surface area contributed by atoms with Crippen molar-refractivity contribution in [3.05, 3.63) is 0 Å². The number of amides is 1. The van der Waals surface area contributed by atoms with Crippen LogP contribution in [0.4, 0.5) is 4.79 Å². The van der Waals surface area contributed by atoms with Crippen molar-refractivity contribution < 1.29 is 9.53 Å². The highest BCUT2D eigenvalue weighted by Gasteiger charge is 2.11. The molecule has 0 rings (SSSR count). The van der Waals surface area contributed by atoms with Gasteiger partial charge >= 0.3 is 6.09 Å². The zero-order valence-corrected chi connectivity index (χ0v) is 8.73. The third kappa shape index (κ3) is 4.49. The SMILES string of the molecule is CCC(C)[C@@H](S)CNC(=O)OC. The molecular weight excluding hydrogens is 174 g/mol. The van der Waals surface area contributed by atoms with Crippen molar-refractivity contribution in [3.63, 3.8) is 0 Å². The summed E-state index contributed by atoms with van der Waals surface area (Å²) in [6.07, 6.45) is 0.675. The molecule has 1 N–H and O–H groups in total. The molecule has 0 aromatic heterocycles. The lowest BCUT2D eigenvalue weighted by molar-refractivity contribution is 0.170. The molecule has 3 nitrogen and oxygen atoms in total. The number of hydrogen-bond donors (Lipinski definition) is 2. The first-order chi connectivity index (χ1) is 5.61. The van der Waals surface area contributed by atoms with Gasteiger partial charge in [-0.05, 0) is 5.92 Å². The van der Waals surface area contributed by atoms with Gasteiger partial charge in [0.25, 0.3) is 0 Å². The summed E-state index contributed by atoms with van der Waals surface area (Å²) >= 11 is 4.35. The standard InChI is InChI=1S/C8H17NO2S/c1-4-6(2)7(12)5-9-8(10)11-3/h6-7,12H,4-5H2,1-3H3,(H,9,10)/t6?,7-/m0/s1. The zero-order valence-electron chi connectivity index (χ0n) is 7.83. The van der Waals surface area contributed by atoms with Gasteiger partial charge in [-0.2, -0.15) is 12.6 Å². The fourth-order valence-corrected chi connectivity index (χ4v) is 1.04. The summed E-state index contributed by atoms with van der Waals surface area (Å²) in [6, 6.07) is 0. The maximum Gasteiger partial charge on any atom is 0.406 e. The Balaban J connectivity index is 3.56. The van der Waals surface area contributed by atoms with Gasteiger partial charge in [0.1, 0.15) is 0 Å². The van der Waals surface area contributed by atoms with E-state index in [0.717, 1.165) is 6.42 Å². The molecule has 0 radical (unpaired) electrons. The predicted octanol–water partition coefficient (Wildman–Crippen LogP) is 1.69. The van der Waals surface area contributed by atoms with Crippen LogP contribution in [0.5, 0.6) is 0 Å². The second-order valence-electron chi connectivity index (χ2n) is 2.83. The molecular formula is C8H17NO2S. The van der Waals surface area contributed by atoms with Crippen molar-refractivity contribution in [3.8, 4) is 0 Å². The van der Waals surface area contributed by atoms with E-state index in [9.17, 15) is 4.79 Å². The average molecular weight is 191 g/mol. The van der Waals surface area contributed by atoms with Crippen LogP contribution in [0, 0.1) is 5.92 Å². The molecule has 12 heavy (non-hydrogen) atoms. The fraction of sp³-hybridized carbons (Fsp3) is 0.875. The van der Waals surface area contributed by atoms with Crippen molar-refractivity contribution in [2.24, 2.45) is 5.92 Å². The first-order valence-corrected chi connectivity index (χ1v) is 4.63. The monoisotopic (exact) mass is 191 g/mol. The number of hydrogen-bond acceptors (Lipinski definition) is 3. The van der Waals surface area contributed by atoms with Crippen LogP contribution >= 0.6 is 12.6 Å². The summed E-state index contributed by atoms with van der Waals surface area (Å²) in [6.45, 7) is 4.77. The molecule has 1 unspecified atom stereocenters. The average Bonchev–Trinajstić information content (AvgIpc) is 2.11. The van der Waals surface area contributed by atoms with Crippen LogP contribution in [0.25, 0.3) is 0 Å². The number of carbonyl (C=O) groups is 1. The smallest absolute Gasteiger partial charge is 0.406 e. The Morgan fingerprint density at radius 2 is 2.25 bits per heavy atom. The first-order valence-electron chi connectivity index (χ1n) is 4.11. The molecule has 0 aliphatic heterocycles. The van der Waals surface area contributed by atoms with Crippen molar-refractivity contribution in [2.75, 3.05) is 13.7 Å². The lowest BCUT2D eigenvalue weighted by atomic mass is 10.1. The molecule has 0 aromatic rings. The van der Waals surface area contributed by atoms with Gasteiger partial charge in [0.05, 0.1) is 7.11 Å². The van der Waals surface area contributed by atoms with Crippen molar-refractivity contribution in [1.29, 1.82) is 0 Å². The second kappa shape index (κ2) is 6.17. The molecule has 0 aliphatic carbocycles. The Labute approximate surface area is 79.3 Å². The number of thiol groups is 1. The van der Waals surface area contributed by atoms with Gasteiger partial charge in [-0.1, -0.05) is 20.3 Å². The Morgan fingerprint density at radius 1 is 1.67 bits per heavy atom. The van der Waals surface area contributed by atoms with Crippen LogP contribution in [0.2, 0.25) is 0 Å². The minimum Gasteiger partial charge on any atom is -0.453 e. The van der Waals surface area contributed by atoms with Crippen molar-refractivity contribution >= 4 is 18.7 Å². The third-order valence-corrected chi connectivity index (χ3v) is 2.63. The highest BCUT2D eigenvalue weighted by Crippen LogP contribution is 2.12. The molecule has 72 valence electrons. The van der Waals surface area contributed by atoms with E-state index in [-0.39, 0.29) is 5.25 Å². The highest BCUT2D eigenvalue weighted by atomic mass is 32.1. The summed E-state index contributed by atoms with van der Waals surface area (Å²) in [4.78, 5) is 10.7. The maximum absolute atomic E-state index is 10.7. The molecule has 0 aromatic carbocycles. The number of methoxy groups -OCH3 is 1. The molecule has 0 fully saturated rings. The zero-order chi connectivity index (χ0) is 9.56. The molecule has 0 saturated heterocycles. The summed E-state index contributed by atoms with van der Waals surface area (Å²) in [5.74, 6) is 0.505. The summed E-state index contributed by atoms with van der Waals surface area (Å²) in [5.41, 5.74) is 0. The van der Waals surface area contributed by atoms with E-state index < -0.39 is 6.09 Å². The number of carbonyl (C=O) groups excluding carboxylic acids is 1. The first kappa shape index (κ1) is 11.6. The Morgan fingerprint density at radius 3 is 2.67 bits per heavy atom. The molecule has 1 amide bonds. The lowest BCUT2D eigenvalue weighted by Crippen LogP contribution is -2.32. The normalized spacial score (nSPS) is 15.0. The topological polar surface area (TPSA) is 38.3 Å². The van der Waals surface area contributed by atoms with Crippen LogP contribution in [-0.2, 0) is 4.74 Å². The summed E-state index contributed by atoms with van der Waals surface area (Å²) in [5, 5.41) is 2.81. The number of alkyl carbamates (subject to hydrolysis) is 1. The minimum atomic E-state index is -0.391. The van der Waals surface area contributed by atoms with Crippen LogP contribution in [-0.4, -0.2) is 25.0 Å². The van der Waals surface area contributed by atoms with E-state index in [4.69, 9.17) is 0 Å². The van der Waals surface area contributed by atoms with Gasteiger partial charge in [0.2, 0.25) is 0 Å². The number of ether oxygens (including phenoxy) is 1. The van der Waals surface area contributed by atoms with Gasteiger partial charge in [-0.3, -0.25) is 0 Å². The molecule has 0 saturated carbocycles. The van der Waals surface area contributed by atoms with Crippen LogP contribution < -0.4 is 5.32 Å². The molecule has 2 atom stereocenters. The van der Waals surface area contributed by atoms with Crippen molar-refractivity contribution in [1.82, 2.24) is 5.32 Å². The maximum atomic E-state index is 10.7. The fourth-order valence-electron chi connectivity index (χ4n) is 0.733. The van der Waals surface area contributed by atoms with E-state index in [0.29, 0.717) is 12.5 Å². The minimum absolute atomic E-state index is 0.203. The Hall–Kier alpha value is -0.380. The molecule has 0 spiro atoms. The van der Waals surface area contributed by atoms with Crippen LogP contribution in [0.1, 0.15) is 20.3 Å². The highest BCUT2D eigenvalue weighted by molar-refractivity contribution is 7.81. The summed E-state index contributed by atoms with van der Waals surface area (Å²) < 4.78 is 4.43. The van der Waals surface area contributed by atoms with E-state index in [2.05, 4.69) is 36.5 Å². The predicted molar refractivity (Wildman–Crippen MR) is 52.6 cm³/mol. The van der Waals surface area contributed by atoms with Crippen LogP contribution in [0.15, 0.2) is 0 Å². The van der Waals surface area contributed by atoms with Gasteiger partial charge in [0, 0.05) is 11.8 Å². The third-order valence-electron chi connectivity index (χ3n) is 1.94.